The summed E-state index contributed by atoms with van der Waals surface area (Å²) in [5.74, 6) is 0.129. The smallest absolute Gasteiger partial charge is 0.232 e. The average Bonchev–Trinajstić information content (AvgIpc) is 2.88. The Balaban J connectivity index is 2.00. The molecule has 138 valence electrons. The molecular formula is C22H29N3O. The third-order valence-corrected chi connectivity index (χ3v) is 7.58. The zero-order valence-electron chi connectivity index (χ0n) is 16.8. The lowest BCUT2D eigenvalue weighted by Crippen LogP contribution is -2.51. The molecule has 1 heterocycles. The molecule has 1 fully saturated rings. The first kappa shape index (κ1) is 17.4. The molecule has 0 radical (unpaired) electrons. The van der Waals surface area contributed by atoms with Gasteiger partial charge < -0.3 is 5.32 Å². The fourth-order valence-electron chi connectivity index (χ4n) is 5.25. The maximum Gasteiger partial charge on any atom is 0.232 e. The first-order valence-electron chi connectivity index (χ1n) is 9.77. The second kappa shape index (κ2) is 5.28. The molecule has 1 aromatic heterocycles. The highest BCUT2D eigenvalue weighted by Crippen LogP contribution is 2.70. The summed E-state index contributed by atoms with van der Waals surface area (Å²) in [6, 6.07) is 4.24. The number of hydrogen-bond acceptors (Lipinski definition) is 3. The monoisotopic (exact) mass is 351 g/mol. The SMILES string of the molecule is CCCNC(=O)[C@]12CC[C@](C)(c3nc4cc(C)c(C)cc4nc31)C2(C)C. The number of carbonyl (C=O) groups is 1. The summed E-state index contributed by atoms with van der Waals surface area (Å²) in [6.07, 6.45) is 2.77. The molecule has 1 saturated carbocycles. The van der Waals surface area contributed by atoms with Crippen LogP contribution in [-0.4, -0.2) is 22.4 Å². The largest absolute Gasteiger partial charge is 0.355 e. The van der Waals surface area contributed by atoms with E-state index in [0.29, 0.717) is 6.54 Å². The Morgan fingerprint density at radius 1 is 1.04 bits per heavy atom. The van der Waals surface area contributed by atoms with Crippen molar-refractivity contribution in [3.05, 3.63) is 34.6 Å². The molecular weight excluding hydrogens is 322 g/mol. The minimum absolute atomic E-state index is 0.119. The standard InChI is InChI=1S/C22H29N3O/c1-7-10-23-19(26)22-9-8-21(6,20(22,4)5)17-18(22)25-16-12-14(3)13(2)11-15(16)24-17/h11-12H,7-10H2,1-6H3,(H,23,26)/t21-,22+/m1/s1. The van der Waals surface area contributed by atoms with Crippen LogP contribution >= 0.6 is 0 Å². The lowest BCUT2D eigenvalue weighted by molar-refractivity contribution is -0.130. The minimum Gasteiger partial charge on any atom is -0.355 e. The number of amides is 1. The highest BCUT2D eigenvalue weighted by atomic mass is 16.2. The first-order valence-corrected chi connectivity index (χ1v) is 9.77. The Hall–Kier alpha value is -1.97. The lowest BCUT2D eigenvalue weighted by Gasteiger charge is -2.39. The van der Waals surface area contributed by atoms with E-state index in [1.54, 1.807) is 0 Å². The van der Waals surface area contributed by atoms with E-state index < -0.39 is 5.41 Å². The quantitative estimate of drug-likeness (QED) is 0.906. The number of carbonyl (C=O) groups excluding carboxylic acids is 1. The van der Waals surface area contributed by atoms with Gasteiger partial charge in [-0.3, -0.25) is 4.79 Å². The molecule has 0 aliphatic heterocycles. The van der Waals surface area contributed by atoms with Gasteiger partial charge in [-0.25, -0.2) is 9.97 Å². The summed E-state index contributed by atoms with van der Waals surface area (Å²) in [5.41, 5.74) is 5.35. The van der Waals surface area contributed by atoms with Gasteiger partial charge in [0, 0.05) is 12.0 Å². The molecule has 1 N–H and O–H groups in total. The van der Waals surface area contributed by atoms with Gasteiger partial charge >= 0.3 is 0 Å². The van der Waals surface area contributed by atoms with Crippen molar-refractivity contribution >= 4 is 16.9 Å². The molecule has 1 amide bonds. The normalized spacial score (nSPS) is 28.4. The number of nitrogens with one attached hydrogen (secondary N) is 1. The number of nitrogens with zero attached hydrogens (tertiary/aromatic N) is 2. The fourth-order valence-corrected chi connectivity index (χ4v) is 5.25. The van der Waals surface area contributed by atoms with E-state index in [0.717, 1.165) is 41.7 Å². The van der Waals surface area contributed by atoms with Gasteiger partial charge in [0.15, 0.2) is 0 Å². The second-order valence-electron chi connectivity index (χ2n) is 8.96. The molecule has 26 heavy (non-hydrogen) atoms. The van der Waals surface area contributed by atoms with E-state index in [2.05, 4.69) is 59.0 Å². The molecule has 2 aromatic rings. The molecule has 0 unspecified atom stereocenters. The van der Waals surface area contributed by atoms with Crippen molar-refractivity contribution in [3.8, 4) is 0 Å². The molecule has 2 atom stereocenters. The van der Waals surface area contributed by atoms with E-state index >= 15 is 0 Å². The highest BCUT2D eigenvalue weighted by Gasteiger charge is 2.73. The van der Waals surface area contributed by atoms with Crippen LogP contribution in [0.5, 0.6) is 0 Å². The Labute approximate surface area is 155 Å². The number of aromatic nitrogens is 2. The number of aryl methyl sites for hydroxylation is 2. The molecule has 4 nitrogen and oxygen atoms in total. The predicted molar refractivity (Wildman–Crippen MR) is 104 cm³/mol. The van der Waals surface area contributed by atoms with Crippen LogP contribution in [0.15, 0.2) is 12.1 Å². The predicted octanol–water partition coefficient (Wildman–Crippen LogP) is 4.10. The van der Waals surface area contributed by atoms with Crippen LogP contribution in [0.2, 0.25) is 0 Å². The highest BCUT2D eigenvalue weighted by molar-refractivity contribution is 5.93. The lowest BCUT2D eigenvalue weighted by atomic mass is 9.63. The van der Waals surface area contributed by atoms with Crippen LogP contribution in [0.1, 0.15) is 69.5 Å². The van der Waals surface area contributed by atoms with Gasteiger partial charge in [-0.2, -0.15) is 0 Å². The minimum atomic E-state index is -0.577. The van der Waals surface area contributed by atoms with Crippen LogP contribution in [0, 0.1) is 19.3 Å². The van der Waals surface area contributed by atoms with Gasteiger partial charge in [0.05, 0.1) is 27.8 Å². The van der Waals surface area contributed by atoms with Crippen molar-refractivity contribution in [1.82, 2.24) is 15.3 Å². The molecule has 4 heteroatoms. The molecule has 2 bridgehead atoms. The first-order chi connectivity index (χ1) is 12.2. The maximum atomic E-state index is 13.4. The molecule has 4 rings (SSSR count). The third kappa shape index (κ3) is 1.83. The van der Waals surface area contributed by atoms with Crippen LogP contribution < -0.4 is 5.32 Å². The summed E-state index contributed by atoms with van der Waals surface area (Å²) in [5, 5.41) is 3.17. The maximum absolute atomic E-state index is 13.4. The average molecular weight is 351 g/mol. The van der Waals surface area contributed by atoms with E-state index in [4.69, 9.17) is 9.97 Å². The van der Waals surface area contributed by atoms with Crippen molar-refractivity contribution in [2.24, 2.45) is 5.41 Å². The van der Waals surface area contributed by atoms with Crippen LogP contribution in [0.3, 0.4) is 0 Å². The summed E-state index contributed by atoms with van der Waals surface area (Å²) in [4.78, 5) is 23.5. The number of fused-ring (bicyclic) bond motifs is 6. The Morgan fingerprint density at radius 3 is 2.19 bits per heavy atom. The van der Waals surface area contributed by atoms with Gasteiger partial charge in [-0.1, -0.05) is 27.7 Å². The van der Waals surface area contributed by atoms with Gasteiger partial charge in [-0.05, 0) is 61.8 Å². The zero-order valence-corrected chi connectivity index (χ0v) is 16.8. The Kier molecular flexibility index (Phi) is 3.54. The second-order valence-corrected chi connectivity index (χ2v) is 8.96. The Morgan fingerprint density at radius 2 is 1.62 bits per heavy atom. The van der Waals surface area contributed by atoms with E-state index in [9.17, 15) is 4.79 Å². The van der Waals surface area contributed by atoms with Crippen molar-refractivity contribution < 1.29 is 4.79 Å². The van der Waals surface area contributed by atoms with Gasteiger partial charge in [0.25, 0.3) is 0 Å². The van der Waals surface area contributed by atoms with Gasteiger partial charge in [-0.15, -0.1) is 0 Å². The summed E-state index contributed by atoms with van der Waals surface area (Å²) >= 11 is 0. The van der Waals surface area contributed by atoms with Crippen LogP contribution in [-0.2, 0) is 15.6 Å². The molecule has 2 aliphatic rings. The van der Waals surface area contributed by atoms with Crippen molar-refractivity contribution in [3.63, 3.8) is 0 Å². The zero-order chi connectivity index (χ0) is 18.9. The van der Waals surface area contributed by atoms with E-state index in [1.807, 2.05) is 0 Å². The van der Waals surface area contributed by atoms with E-state index in [1.165, 1.54) is 11.1 Å². The topological polar surface area (TPSA) is 54.9 Å². The Bertz CT molecular complexity index is 933. The van der Waals surface area contributed by atoms with Gasteiger partial charge in [0.2, 0.25) is 5.91 Å². The number of benzene rings is 1. The molecule has 0 saturated heterocycles. The van der Waals surface area contributed by atoms with Gasteiger partial charge in [0.1, 0.15) is 0 Å². The van der Waals surface area contributed by atoms with Crippen molar-refractivity contribution in [2.45, 2.75) is 71.6 Å². The van der Waals surface area contributed by atoms with Crippen molar-refractivity contribution in [1.29, 1.82) is 0 Å². The summed E-state index contributed by atoms with van der Waals surface area (Å²) in [6.45, 7) is 13.7. The van der Waals surface area contributed by atoms with Crippen LogP contribution in [0.4, 0.5) is 0 Å². The van der Waals surface area contributed by atoms with Crippen LogP contribution in [0.25, 0.3) is 11.0 Å². The number of hydrogen-bond donors (Lipinski definition) is 1. The molecule has 1 aromatic carbocycles. The molecule has 2 aliphatic carbocycles. The van der Waals surface area contributed by atoms with Crippen molar-refractivity contribution in [2.75, 3.05) is 6.54 Å². The fraction of sp³-hybridized carbons (Fsp3) is 0.591. The van der Waals surface area contributed by atoms with E-state index in [-0.39, 0.29) is 16.7 Å². The molecule has 0 spiro atoms. The number of rotatable bonds is 3. The summed E-state index contributed by atoms with van der Waals surface area (Å²) in [7, 11) is 0. The third-order valence-electron chi connectivity index (χ3n) is 7.58. The summed E-state index contributed by atoms with van der Waals surface area (Å²) < 4.78 is 0.